The number of hydrogen-bond donors (Lipinski definition) is 1. The number of carbonyl (C=O) groups excluding carboxylic acids is 2. The topological polar surface area (TPSA) is 126 Å². The van der Waals surface area contributed by atoms with Crippen LogP contribution in [0.1, 0.15) is 79.2 Å². The number of nitrogens with one attached hydrogen (secondary N) is 1. The van der Waals surface area contributed by atoms with E-state index in [9.17, 15) is 14.9 Å². The molecule has 3 atom stereocenters. The third kappa shape index (κ3) is 6.63. The molecule has 0 spiro atoms. The average molecular weight is 756 g/mol. The Morgan fingerprint density at radius 3 is 2.31 bits per heavy atom. The number of pyridine rings is 1. The van der Waals surface area contributed by atoms with Crippen LogP contribution in [-0.2, 0) is 9.22 Å². The molecule has 1 saturated heterocycles. The van der Waals surface area contributed by atoms with E-state index in [2.05, 4.69) is 91.0 Å². The minimum Gasteiger partial charge on any atom is -0.405 e. The summed E-state index contributed by atoms with van der Waals surface area (Å²) in [6, 6.07) is 31.8. The van der Waals surface area contributed by atoms with Gasteiger partial charge in [-0.1, -0.05) is 104 Å². The van der Waals surface area contributed by atoms with Crippen molar-refractivity contribution in [2.75, 3.05) is 18.1 Å². The van der Waals surface area contributed by atoms with Gasteiger partial charge in [0.2, 0.25) is 5.91 Å². The zero-order valence-corrected chi connectivity index (χ0v) is 32.3. The molecule has 2 aromatic heterocycles. The molecule has 3 aromatic carbocycles. The number of benzene rings is 3. The maximum absolute atomic E-state index is 13.5. The highest BCUT2D eigenvalue weighted by molar-refractivity contribution is 6.99. The number of rotatable bonds is 11. The van der Waals surface area contributed by atoms with Crippen molar-refractivity contribution in [2.24, 2.45) is 11.8 Å². The highest BCUT2D eigenvalue weighted by Gasteiger charge is 2.53. The molecule has 8 rings (SSSR count). The minimum absolute atomic E-state index is 0.0662. The maximum atomic E-state index is 13.5. The first-order valence-corrected chi connectivity index (χ1v) is 20.8. The van der Waals surface area contributed by atoms with Crippen molar-refractivity contribution >= 4 is 47.9 Å². The average Bonchev–Trinajstić information content (AvgIpc) is 3.63. The number of aromatic nitrogens is 4. The molecule has 1 aliphatic heterocycles. The number of anilines is 1. The van der Waals surface area contributed by atoms with Crippen LogP contribution in [0.4, 0.5) is 5.82 Å². The van der Waals surface area contributed by atoms with Gasteiger partial charge in [-0.15, -0.1) is 5.10 Å². The van der Waals surface area contributed by atoms with Gasteiger partial charge in [-0.25, -0.2) is 9.67 Å². The SMILES string of the molecule is CC(C)(C)[Si](OCC(c1ccc(N2C[C@H]3C[C@H]3C2=O)nc1)n1cc(C(=O)NC2CC(c3cc(Cl)ccc3C#N)C2)nn1)(c1ccccc1)c1ccccc1. The molecule has 1 unspecified atom stereocenters. The van der Waals surface area contributed by atoms with Gasteiger partial charge in [0.05, 0.1) is 24.4 Å². The zero-order valence-electron chi connectivity index (χ0n) is 30.5. The molecule has 3 heterocycles. The van der Waals surface area contributed by atoms with E-state index in [1.54, 1.807) is 34.1 Å². The predicted octanol–water partition coefficient (Wildman–Crippen LogP) is 6.02. The number of fused-ring (bicyclic) bond motifs is 1. The second-order valence-electron chi connectivity index (χ2n) is 15.8. The first-order valence-electron chi connectivity index (χ1n) is 18.5. The summed E-state index contributed by atoms with van der Waals surface area (Å²) < 4.78 is 9.06. The van der Waals surface area contributed by atoms with Crippen molar-refractivity contribution in [3.05, 3.63) is 131 Å². The summed E-state index contributed by atoms with van der Waals surface area (Å²) >= 11 is 6.23. The predicted molar refractivity (Wildman–Crippen MR) is 209 cm³/mol. The summed E-state index contributed by atoms with van der Waals surface area (Å²) in [5.41, 5.74) is 2.54. The van der Waals surface area contributed by atoms with Crippen LogP contribution < -0.4 is 20.6 Å². The first kappa shape index (κ1) is 35.9. The van der Waals surface area contributed by atoms with Crippen LogP contribution in [0, 0.1) is 23.2 Å². The van der Waals surface area contributed by atoms with Crippen molar-refractivity contribution in [2.45, 2.75) is 63.1 Å². The van der Waals surface area contributed by atoms with Gasteiger partial charge in [-0.05, 0) is 81.9 Å². The summed E-state index contributed by atoms with van der Waals surface area (Å²) in [5, 5.41) is 24.1. The zero-order chi connectivity index (χ0) is 37.6. The van der Waals surface area contributed by atoms with Crippen LogP contribution in [0.15, 0.2) is 103 Å². The summed E-state index contributed by atoms with van der Waals surface area (Å²) in [6.07, 6.45) is 5.82. The third-order valence-corrected chi connectivity index (χ3v) is 16.6. The Hall–Kier alpha value is -5.15. The number of amides is 2. The number of piperidine rings is 1. The Morgan fingerprint density at radius 2 is 1.72 bits per heavy atom. The number of nitrogens with zero attached hydrogens (tertiary/aromatic N) is 6. The summed E-state index contributed by atoms with van der Waals surface area (Å²) in [4.78, 5) is 32.9. The fraction of sp³-hybridized carbons (Fsp3) is 0.333. The number of hydrogen-bond acceptors (Lipinski definition) is 7. The van der Waals surface area contributed by atoms with Gasteiger partial charge in [-0.3, -0.25) is 14.5 Å². The lowest BCUT2D eigenvalue weighted by Gasteiger charge is -2.43. The lowest BCUT2D eigenvalue weighted by Crippen LogP contribution is -2.67. The van der Waals surface area contributed by atoms with Crippen LogP contribution in [-0.4, -0.2) is 59.3 Å². The van der Waals surface area contributed by atoms with Gasteiger partial charge in [0.25, 0.3) is 14.2 Å². The summed E-state index contributed by atoms with van der Waals surface area (Å²) in [7, 11) is -2.94. The van der Waals surface area contributed by atoms with Crippen molar-refractivity contribution in [3.8, 4) is 6.07 Å². The van der Waals surface area contributed by atoms with E-state index in [-0.39, 0.29) is 47.0 Å². The molecule has 5 aromatic rings. The molecule has 0 radical (unpaired) electrons. The molecule has 3 aliphatic rings. The third-order valence-electron chi connectivity index (χ3n) is 11.3. The Bertz CT molecular complexity index is 2170. The molecular weight excluding hydrogens is 714 g/mol. The Kier molecular flexibility index (Phi) is 9.46. The van der Waals surface area contributed by atoms with Crippen LogP contribution in [0.5, 0.6) is 0 Å². The number of halogens is 1. The summed E-state index contributed by atoms with van der Waals surface area (Å²) in [6.45, 7) is 7.64. The summed E-state index contributed by atoms with van der Waals surface area (Å²) in [5.74, 6) is 1.18. The standard InChI is InChI=1S/C42H42ClN7O3Si/c1-42(2,3)54(33-10-6-4-7-11-33,34-12-8-5-9-13-34)53-26-38(28-15-17-39(45-23-28)49-24-30-20-36(30)41(49)52)50-25-37(47-48-50)40(51)46-32-18-29(19-32)35-21-31(43)16-14-27(35)22-44/h4-17,21,23,25,29-30,32,36,38H,18-20,24,26H2,1-3H3,(H,46,51)/t29?,30-,32?,36-,38?/m1/s1. The molecule has 10 nitrogen and oxygen atoms in total. The molecule has 0 bridgehead atoms. The van der Waals surface area contributed by atoms with Crippen molar-refractivity contribution in [1.82, 2.24) is 25.3 Å². The normalized spacial score (nSPS) is 21.2. The van der Waals surface area contributed by atoms with Gasteiger partial charge in [0.1, 0.15) is 11.9 Å². The smallest absolute Gasteiger partial charge is 0.273 e. The molecule has 2 saturated carbocycles. The highest BCUT2D eigenvalue weighted by atomic mass is 35.5. The second kappa shape index (κ2) is 14.2. The van der Waals surface area contributed by atoms with E-state index in [0.29, 0.717) is 41.7 Å². The van der Waals surface area contributed by atoms with Gasteiger partial charge in [-0.2, -0.15) is 5.26 Å². The van der Waals surface area contributed by atoms with Gasteiger partial charge in [0.15, 0.2) is 5.69 Å². The van der Waals surface area contributed by atoms with E-state index in [1.807, 2.05) is 30.3 Å². The minimum atomic E-state index is -2.94. The lowest BCUT2D eigenvalue weighted by atomic mass is 9.74. The number of nitriles is 1. The van der Waals surface area contributed by atoms with E-state index in [4.69, 9.17) is 21.0 Å². The molecule has 3 fully saturated rings. The Morgan fingerprint density at radius 1 is 1.02 bits per heavy atom. The quantitative estimate of drug-likeness (QED) is 0.164. The highest BCUT2D eigenvalue weighted by Crippen LogP contribution is 2.47. The van der Waals surface area contributed by atoms with Crippen LogP contribution in [0.3, 0.4) is 0 Å². The molecule has 2 aliphatic carbocycles. The van der Waals surface area contributed by atoms with Crippen LogP contribution in [0.25, 0.3) is 0 Å². The molecule has 1 N–H and O–H groups in total. The Labute approximate surface area is 321 Å². The van der Waals surface area contributed by atoms with E-state index in [0.717, 1.165) is 27.9 Å². The van der Waals surface area contributed by atoms with Crippen molar-refractivity contribution in [1.29, 1.82) is 5.26 Å². The molecule has 2 amide bonds. The molecule has 274 valence electrons. The molecular formula is C42H42ClN7O3Si. The van der Waals surface area contributed by atoms with E-state index >= 15 is 0 Å². The van der Waals surface area contributed by atoms with Gasteiger partial charge < -0.3 is 9.74 Å². The number of carbonyl (C=O) groups is 2. The van der Waals surface area contributed by atoms with Crippen molar-refractivity contribution in [3.63, 3.8) is 0 Å². The second-order valence-corrected chi connectivity index (χ2v) is 20.5. The molecule has 12 heteroatoms. The fourth-order valence-corrected chi connectivity index (χ4v) is 13.0. The van der Waals surface area contributed by atoms with E-state index < -0.39 is 14.4 Å². The Balaban J connectivity index is 1.07. The van der Waals surface area contributed by atoms with Gasteiger partial charge >= 0.3 is 0 Å². The molecule has 54 heavy (non-hydrogen) atoms. The van der Waals surface area contributed by atoms with E-state index in [1.165, 1.54) is 0 Å². The first-order chi connectivity index (χ1) is 26.1. The van der Waals surface area contributed by atoms with Crippen LogP contribution >= 0.6 is 11.6 Å². The maximum Gasteiger partial charge on any atom is 0.273 e. The van der Waals surface area contributed by atoms with Gasteiger partial charge in [0, 0.05) is 29.7 Å². The van der Waals surface area contributed by atoms with Crippen molar-refractivity contribution < 1.29 is 14.0 Å². The van der Waals surface area contributed by atoms with Crippen LogP contribution in [0.2, 0.25) is 10.1 Å². The lowest BCUT2D eigenvalue weighted by molar-refractivity contribution is -0.118. The monoisotopic (exact) mass is 755 g/mol. The fourth-order valence-electron chi connectivity index (χ4n) is 8.28. The largest absolute Gasteiger partial charge is 0.405 e.